The van der Waals surface area contributed by atoms with E-state index in [1.807, 2.05) is 20.8 Å². The van der Waals surface area contributed by atoms with Crippen molar-refractivity contribution in [3.8, 4) is 0 Å². The lowest BCUT2D eigenvalue weighted by Crippen LogP contribution is -2.40. The number of nitrogens with zero attached hydrogens (tertiary/aromatic N) is 3. The normalized spacial score (nSPS) is 12.5. The Labute approximate surface area is 134 Å². The van der Waals surface area contributed by atoms with E-state index in [0.717, 1.165) is 18.2 Å². The summed E-state index contributed by atoms with van der Waals surface area (Å²) in [5, 5.41) is 16.8. The van der Waals surface area contributed by atoms with E-state index in [1.165, 1.54) is 6.20 Å². The number of rotatable bonds is 7. The summed E-state index contributed by atoms with van der Waals surface area (Å²) in [4.78, 5) is 27.8. The maximum absolute atomic E-state index is 12.3. The summed E-state index contributed by atoms with van der Waals surface area (Å²) in [5.41, 5.74) is 1.04. The van der Waals surface area contributed by atoms with E-state index < -0.39 is 17.9 Å². The van der Waals surface area contributed by atoms with Crippen LogP contribution in [0.1, 0.15) is 56.4 Å². The third kappa shape index (κ3) is 3.85. The van der Waals surface area contributed by atoms with Crippen molar-refractivity contribution in [2.24, 2.45) is 0 Å². The molecule has 0 spiro atoms. The van der Waals surface area contributed by atoms with Gasteiger partial charge in [0.25, 0.3) is 5.91 Å². The first-order valence-corrected chi connectivity index (χ1v) is 7.81. The minimum absolute atomic E-state index is 0.171. The first-order chi connectivity index (χ1) is 10.9. The number of hydrogen-bond acceptors (Lipinski definition) is 4. The Balaban J connectivity index is 2.18. The fraction of sp³-hybridized carbons (Fsp3) is 0.500. The number of aliphatic carboxylic acids is 1. The second-order valence-corrected chi connectivity index (χ2v) is 5.83. The van der Waals surface area contributed by atoms with E-state index in [2.05, 4.69) is 15.4 Å². The highest BCUT2D eigenvalue weighted by atomic mass is 16.4. The molecule has 0 aromatic carbocycles. The predicted molar refractivity (Wildman–Crippen MR) is 86.3 cm³/mol. The molecule has 0 bridgehead atoms. The van der Waals surface area contributed by atoms with Gasteiger partial charge < -0.3 is 10.4 Å². The molecule has 0 aliphatic carbocycles. The van der Waals surface area contributed by atoms with Crippen LogP contribution in [-0.4, -0.2) is 37.8 Å². The van der Waals surface area contributed by atoms with Gasteiger partial charge in [-0.1, -0.05) is 19.8 Å². The van der Waals surface area contributed by atoms with Crippen molar-refractivity contribution in [1.82, 2.24) is 20.1 Å². The Kier molecular flexibility index (Phi) is 5.31. The fourth-order valence-corrected chi connectivity index (χ4v) is 2.35. The van der Waals surface area contributed by atoms with Crippen molar-refractivity contribution in [2.75, 3.05) is 0 Å². The number of nitrogens with one attached hydrogen (secondary N) is 1. The Morgan fingerprint density at radius 2 is 2.09 bits per heavy atom. The summed E-state index contributed by atoms with van der Waals surface area (Å²) in [7, 11) is 0. The number of amides is 1. The molecular weight excluding hydrogens is 296 g/mol. The van der Waals surface area contributed by atoms with E-state index in [4.69, 9.17) is 0 Å². The molecule has 2 rings (SSSR count). The molecule has 7 nitrogen and oxygen atoms in total. The molecule has 0 radical (unpaired) electrons. The van der Waals surface area contributed by atoms with Gasteiger partial charge in [-0.2, -0.15) is 5.10 Å². The van der Waals surface area contributed by atoms with Gasteiger partial charge in [0.15, 0.2) is 5.65 Å². The van der Waals surface area contributed by atoms with Gasteiger partial charge in [-0.25, -0.2) is 14.5 Å². The third-order valence-electron chi connectivity index (χ3n) is 3.63. The van der Waals surface area contributed by atoms with E-state index in [0.29, 0.717) is 17.6 Å². The monoisotopic (exact) mass is 318 g/mol. The molecule has 124 valence electrons. The first-order valence-electron chi connectivity index (χ1n) is 7.81. The maximum Gasteiger partial charge on any atom is 0.326 e. The molecular formula is C16H22N4O3. The molecule has 7 heteroatoms. The average Bonchev–Trinajstić information content (AvgIpc) is 2.94. The smallest absolute Gasteiger partial charge is 0.326 e. The van der Waals surface area contributed by atoms with Crippen molar-refractivity contribution >= 4 is 22.9 Å². The van der Waals surface area contributed by atoms with Gasteiger partial charge in [-0.15, -0.1) is 0 Å². The van der Waals surface area contributed by atoms with Crippen molar-refractivity contribution in [2.45, 2.75) is 52.1 Å². The minimum Gasteiger partial charge on any atom is -0.480 e. The van der Waals surface area contributed by atoms with Crippen molar-refractivity contribution in [1.29, 1.82) is 0 Å². The molecule has 0 saturated heterocycles. The fourth-order valence-electron chi connectivity index (χ4n) is 2.35. The van der Waals surface area contributed by atoms with Crippen LogP contribution in [-0.2, 0) is 4.79 Å². The second-order valence-electron chi connectivity index (χ2n) is 5.83. The molecule has 0 aliphatic rings. The topological polar surface area (TPSA) is 97.1 Å². The molecule has 0 aliphatic heterocycles. The number of unbranched alkanes of at least 4 members (excludes halogenated alkanes) is 1. The largest absolute Gasteiger partial charge is 0.480 e. The zero-order chi connectivity index (χ0) is 17.0. The van der Waals surface area contributed by atoms with Crippen LogP contribution >= 0.6 is 0 Å². The number of carboxylic acid groups (broad SMARTS) is 1. The molecule has 0 fully saturated rings. The van der Waals surface area contributed by atoms with Gasteiger partial charge in [0.1, 0.15) is 6.04 Å². The number of carbonyl (C=O) groups excluding carboxylic acids is 1. The molecule has 2 N–H and O–H groups in total. The van der Waals surface area contributed by atoms with Crippen LogP contribution in [0.4, 0.5) is 0 Å². The number of fused-ring (bicyclic) bond motifs is 1. The third-order valence-corrected chi connectivity index (χ3v) is 3.63. The average molecular weight is 318 g/mol. The highest BCUT2D eigenvalue weighted by molar-refractivity contribution is 5.98. The Hall–Kier alpha value is -2.44. The summed E-state index contributed by atoms with van der Waals surface area (Å²) in [6.45, 7) is 5.98. The van der Waals surface area contributed by atoms with Gasteiger partial charge in [0.2, 0.25) is 0 Å². The van der Waals surface area contributed by atoms with Crippen molar-refractivity contribution in [3.05, 3.63) is 24.0 Å². The lowest BCUT2D eigenvalue weighted by Gasteiger charge is -2.14. The van der Waals surface area contributed by atoms with E-state index in [1.54, 1.807) is 16.9 Å². The van der Waals surface area contributed by atoms with Gasteiger partial charge in [-0.05, 0) is 26.3 Å². The number of aromatic nitrogens is 3. The quantitative estimate of drug-likeness (QED) is 0.817. The van der Waals surface area contributed by atoms with Gasteiger partial charge >= 0.3 is 5.97 Å². The summed E-state index contributed by atoms with van der Waals surface area (Å²) >= 11 is 0. The number of carbonyl (C=O) groups is 2. The van der Waals surface area contributed by atoms with Gasteiger partial charge in [0, 0.05) is 17.6 Å². The van der Waals surface area contributed by atoms with Crippen LogP contribution < -0.4 is 5.32 Å². The summed E-state index contributed by atoms with van der Waals surface area (Å²) in [5.74, 6) is -1.45. The van der Waals surface area contributed by atoms with Crippen LogP contribution in [0.15, 0.2) is 18.5 Å². The number of hydrogen-bond donors (Lipinski definition) is 2. The molecule has 0 unspecified atom stereocenters. The minimum atomic E-state index is -1.02. The first kappa shape index (κ1) is 16.9. The molecule has 1 atom stereocenters. The van der Waals surface area contributed by atoms with Crippen LogP contribution in [0.3, 0.4) is 0 Å². The number of carboxylic acids is 1. The predicted octanol–water partition coefficient (Wildman–Crippen LogP) is 2.39. The molecule has 0 saturated carbocycles. The Morgan fingerprint density at radius 1 is 1.35 bits per heavy atom. The lowest BCUT2D eigenvalue weighted by molar-refractivity contribution is -0.139. The second kappa shape index (κ2) is 7.21. The lowest BCUT2D eigenvalue weighted by atomic mass is 10.1. The van der Waals surface area contributed by atoms with E-state index in [-0.39, 0.29) is 6.04 Å². The zero-order valence-electron chi connectivity index (χ0n) is 13.6. The summed E-state index contributed by atoms with van der Waals surface area (Å²) < 4.78 is 1.78. The van der Waals surface area contributed by atoms with Crippen LogP contribution in [0.2, 0.25) is 0 Å². The molecule has 23 heavy (non-hydrogen) atoms. The van der Waals surface area contributed by atoms with Crippen molar-refractivity contribution < 1.29 is 14.7 Å². The molecule has 1 amide bonds. The summed E-state index contributed by atoms with van der Waals surface area (Å²) in [6.07, 6.45) is 5.15. The molecule has 2 aromatic rings. The maximum atomic E-state index is 12.3. The summed E-state index contributed by atoms with van der Waals surface area (Å²) in [6, 6.07) is 0.976. The van der Waals surface area contributed by atoms with Crippen LogP contribution in [0, 0.1) is 0 Å². The van der Waals surface area contributed by atoms with Gasteiger partial charge in [0.05, 0.1) is 11.8 Å². The van der Waals surface area contributed by atoms with E-state index in [9.17, 15) is 14.7 Å². The SMILES string of the molecule is CCCC[C@H](NC(=O)c1cnc2c(cnn2C(C)C)c1)C(=O)O. The molecule has 2 heterocycles. The van der Waals surface area contributed by atoms with Crippen LogP contribution in [0.5, 0.6) is 0 Å². The van der Waals surface area contributed by atoms with Gasteiger partial charge in [-0.3, -0.25) is 4.79 Å². The van der Waals surface area contributed by atoms with E-state index >= 15 is 0 Å². The number of pyridine rings is 1. The Bertz CT molecular complexity index is 708. The van der Waals surface area contributed by atoms with Crippen molar-refractivity contribution in [3.63, 3.8) is 0 Å². The van der Waals surface area contributed by atoms with Crippen LogP contribution in [0.25, 0.3) is 11.0 Å². The standard InChI is InChI=1S/C16H22N4O3/c1-4-5-6-13(16(22)23)19-15(21)12-7-11-9-18-20(10(2)3)14(11)17-8-12/h7-10,13H,4-6H2,1-3H3,(H,19,21)(H,22,23)/t13-/m0/s1. The Morgan fingerprint density at radius 3 is 2.70 bits per heavy atom. The zero-order valence-corrected chi connectivity index (χ0v) is 13.6. The molecule has 2 aromatic heterocycles. The highest BCUT2D eigenvalue weighted by Crippen LogP contribution is 2.16. The highest BCUT2D eigenvalue weighted by Gasteiger charge is 2.20.